The average molecular weight is 384 g/mol. The quantitative estimate of drug-likeness (QED) is 0.776. The lowest BCUT2D eigenvalue weighted by atomic mass is 10.0. The van der Waals surface area contributed by atoms with Gasteiger partial charge in [-0.15, -0.1) is 0 Å². The Morgan fingerprint density at radius 1 is 1.14 bits per heavy atom. The molecule has 28 heavy (non-hydrogen) atoms. The SMILES string of the molecule is CN1CCc2cc([C@H](CNC(=O)C(=O)Nc3ccc(F)cc3)N(C)C)ccc21. The summed E-state index contributed by atoms with van der Waals surface area (Å²) in [4.78, 5) is 28.5. The molecule has 2 aromatic rings. The summed E-state index contributed by atoms with van der Waals surface area (Å²) in [5, 5.41) is 5.16. The highest BCUT2D eigenvalue weighted by Gasteiger charge is 2.22. The second-order valence-electron chi connectivity index (χ2n) is 7.21. The first-order valence-corrected chi connectivity index (χ1v) is 9.20. The van der Waals surface area contributed by atoms with Gasteiger partial charge in [0.25, 0.3) is 0 Å². The smallest absolute Gasteiger partial charge is 0.313 e. The molecule has 1 heterocycles. The third kappa shape index (κ3) is 4.48. The van der Waals surface area contributed by atoms with Gasteiger partial charge in [-0.2, -0.15) is 0 Å². The minimum atomic E-state index is -0.778. The van der Waals surface area contributed by atoms with Crippen LogP contribution in [0.5, 0.6) is 0 Å². The van der Waals surface area contributed by atoms with Gasteiger partial charge in [-0.05, 0) is 62.0 Å². The molecule has 0 spiro atoms. The van der Waals surface area contributed by atoms with Crippen molar-refractivity contribution in [2.45, 2.75) is 12.5 Å². The first kappa shape index (κ1) is 19.8. The Kier molecular flexibility index (Phi) is 5.94. The standard InChI is InChI=1S/C21H25FN4O2/c1-25(2)19(14-4-9-18-15(12-14)10-11-26(18)3)13-23-20(27)21(28)24-17-7-5-16(22)6-8-17/h4-9,12,19H,10-11,13H2,1-3H3,(H,23,27)(H,24,28)/t19-/m0/s1. The molecule has 3 rings (SSSR count). The highest BCUT2D eigenvalue weighted by molar-refractivity contribution is 6.39. The molecule has 0 bridgehead atoms. The third-order valence-corrected chi connectivity index (χ3v) is 5.00. The molecule has 0 radical (unpaired) electrons. The average Bonchev–Trinajstić information content (AvgIpc) is 3.03. The van der Waals surface area contributed by atoms with Gasteiger partial charge in [0.15, 0.2) is 0 Å². The number of nitrogens with zero attached hydrogens (tertiary/aromatic N) is 2. The summed E-state index contributed by atoms with van der Waals surface area (Å²) in [6.07, 6.45) is 1.01. The Labute approximate surface area is 164 Å². The number of likely N-dealkylation sites (N-methyl/N-ethyl adjacent to an activating group) is 2. The third-order valence-electron chi connectivity index (χ3n) is 5.00. The van der Waals surface area contributed by atoms with Gasteiger partial charge in [0.1, 0.15) is 5.82 Å². The van der Waals surface area contributed by atoms with E-state index in [9.17, 15) is 14.0 Å². The number of rotatable bonds is 5. The highest BCUT2D eigenvalue weighted by atomic mass is 19.1. The molecular weight excluding hydrogens is 359 g/mol. The molecule has 2 N–H and O–H groups in total. The van der Waals surface area contributed by atoms with Crippen LogP contribution >= 0.6 is 0 Å². The number of halogens is 1. The molecule has 1 aliphatic rings. The number of amides is 2. The van der Waals surface area contributed by atoms with Crippen molar-refractivity contribution in [2.75, 3.05) is 44.4 Å². The van der Waals surface area contributed by atoms with E-state index in [-0.39, 0.29) is 6.04 Å². The van der Waals surface area contributed by atoms with Gasteiger partial charge in [-0.3, -0.25) is 9.59 Å². The van der Waals surface area contributed by atoms with E-state index in [1.807, 2.05) is 19.0 Å². The number of carbonyl (C=O) groups excluding carboxylic acids is 2. The van der Waals surface area contributed by atoms with Crippen molar-refractivity contribution in [3.05, 3.63) is 59.4 Å². The van der Waals surface area contributed by atoms with Crippen LogP contribution in [-0.2, 0) is 16.0 Å². The lowest BCUT2D eigenvalue weighted by molar-refractivity contribution is -0.136. The number of benzene rings is 2. The monoisotopic (exact) mass is 384 g/mol. The van der Waals surface area contributed by atoms with Crippen LogP contribution in [-0.4, -0.2) is 50.9 Å². The highest BCUT2D eigenvalue weighted by Crippen LogP contribution is 2.30. The molecule has 0 fully saturated rings. The maximum absolute atomic E-state index is 12.9. The fourth-order valence-corrected chi connectivity index (χ4v) is 3.38. The fraction of sp³-hybridized carbons (Fsp3) is 0.333. The Morgan fingerprint density at radius 2 is 1.86 bits per heavy atom. The molecule has 2 aromatic carbocycles. The number of hydrogen-bond acceptors (Lipinski definition) is 4. The summed E-state index contributed by atoms with van der Waals surface area (Å²) in [7, 11) is 5.96. The Hall–Kier alpha value is -2.93. The largest absolute Gasteiger partial charge is 0.374 e. The van der Waals surface area contributed by atoms with Crippen LogP contribution in [0.15, 0.2) is 42.5 Å². The molecule has 0 aromatic heterocycles. The number of hydrogen-bond donors (Lipinski definition) is 2. The normalized spacial score (nSPS) is 14.0. The zero-order chi connectivity index (χ0) is 20.3. The molecule has 148 valence electrons. The van der Waals surface area contributed by atoms with Crippen LogP contribution in [0.25, 0.3) is 0 Å². The van der Waals surface area contributed by atoms with Gasteiger partial charge in [-0.25, -0.2) is 4.39 Å². The summed E-state index contributed by atoms with van der Waals surface area (Å²) < 4.78 is 12.9. The van der Waals surface area contributed by atoms with Crippen molar-refractivity contribution in [1.29, 1.82) is 0 Å². The maximum Gasteiger partial charge on any atom is 0.313 e. The molecule has 0 saturated carbocycles. The van der Waals surface area contributed by atoms with E-state index >= 15 is 0 Å². The Morgan fingerprint density at radius 3 is 2.54 bits per heavy atom. The predicted octanol–water partition coefficient (Wildman–Crippen LogP) is 2.18. The van der Waals surface area contributed by atoms with Crippen molar-refractivity contribution < 1.29 is 14.0 Å². The van der Waals surface area contributed by atoms with Crippen LogP contribution in [0.1, 0.15) is 17.2 Å². The van der Waals surface area contributed by atoms with E-state index in [1.165, 1.54) is 35.5 Å². The Bertz CT molecular complexity index is 867. The zero-order valence-electron chi connectivity index (χ0n) is 16.3. The summed E-state index contributed by atoms with van der Waals surface area (Å²) >= 11 is 0. The second kappa shape index (κ2) is 8.39. The summed E-state index contributed by atoms with van der Waals surface area (Å²) in [6.45, 7) is 1.31. The second-order valence-corrected chi connectivity index (χ2v) is 7.21. The van der Waals surface area contributed by atoms with E-state index in [0.717, 1.165) is 18.5 Å². The van der Waals surface area contributed by atoms with Gasteiger partial charge >= 0.3 is 11.8 Å². The lowest BCUT2D eigenvalue weighted by Crippen LogP contribution is -2.40. The first-order valence-electron chi connectivity index (χ1n) is 9.20. The lowest BCUT2D eigenvalue weighted by Gasteiger charge is -2.26. The van der Waals surface area contributed by atoms with Crippen molar-refractivity contribution in [3.8, 4) is 0 Å². The molecule has 1 aliphatic heterocycles. The minimum Gasteiger partial charge on any atom is -0.374 e. The van der Waals surface area contributed by atoms with Gasteiger partial charge in [0.2, 0.25) is 0 Å². The Balaban J connectivity index is 1.62. The number of nitrogens with one attached hydrogen (secondary N) is 2. The molecule has 0 aliphatic carbocycles. The molecule has 7 heteroatoms. The van der Waals surface area contributed by atoms with E-state index in [4.69, 9.17) is 0 Å². The minimum absolute atomic E-state index is 0.0567. The van der Waals surface area contributed by atoms with Crippen LogP contribution < -0.4 is 15.5 Å². The molecular formula is C21H25FN4O2. The maximum atomic E-state index is 12.9. The topological polar surface area (TPSA) is 64.7 Å². The van der Waals surface area contributed by atoms with Crippen LogP contribution in [0, 0.1) is 5.82 Å². The van der Waals surface area contributed by atoms with E-state index in [2.05, 4.69) is 40.8 Å². The van der Waals surface area contributed by atoms with Crippen molar-refractivity contribution in [3.63, 3.8) is 0 Å². The number of anilines is 2. The van der Waals surface area contributed by atoms with Crippen LogP contribution in [0.4, 0.5) is 15.8 Å². The zero-order valence-corrected chi connectivity index (χ0v) is 16.3. The van der Waals surface area contributed by atoms with E-state index < -0.39 is 17.6 Å². The molecule has 0 saturated heterocycles. The van der Waals surface area contributed by atoms with Crippen LogP contribution in [0.3, 0.4) is 0 Å². The molecule has 2 amide bonds. The molecule has 1 atom stereocenters. The van der Waals surface area contributed by atoms with Crippen molar-refractivity contribution in [1.82, 2.24) is 10.2 Å². The summed E-state index contributed by atoms with van der Waals surface area (Å²) in [5.74, 6) is -1.91. The van der Waals surface area contributed by atoms with Gasteiger partial charge in [-0.1, -0.05) is 12.1 Å². The first-order chi connectivity index (χ1) is 13.3. The predicted molar refractivity (Wildman–Crippen MR) is 108 cm³/mol. The fourth-order valence-electron chi connectivity index (χ4n) is 3.38. The van der Waals surface area contributed by atoms with Crippen LogP contribution in [0.2, 0.25) is 0 Å². The summed E-state index contributed by atoms with van der Waals surface area (Å²) in [5.41, 5.74) is 4.00. The van der Waals surface area contributed by atoms with Crippen molar-refractivity contribution in [2.24, 2.45) is 0 Å². The van der Waals surface area contributed by atoms with Gasteiger partial charge < -0.3 is 20.4 Å². The van der Waals surface area contributed by atoms with Gasteiger partial charge in [0, 0.05) is 31.5 Å². The van der Waals surface area contributed by atoms with Crippen molar-refractivity contribution >= 4 is 23.2 Å². The van der Waals surface area contributed by atoms with E-state index in [1.54, 1.807) is 0 Å². The number of fused-ring (bicyclic) bond motifs is 1. The number of carbonyl (C=O) groups is 2. The van der Waals surface area contributed by atoms with Gasteiger partial charge in [0.05, 0.1) is 6.04 Å². The van der Waals surface area contributed by atoms with E-state index in [0.29, 0.717) is 12.2 Å². The summed E-state index contributed by atoms with van der Waals surface area (Å²) in [6, 6.07) is 11.6. The molecule has 0 unspecified atom stereocenters. The molecule has 6 nitrogen and oxygen atoms in total.